The van der Waals surface area contributed by atoms with Crippen molar-refractivity contribution >= 4 is 17.7 Å². The highest BCUT2D eigenvalue weighted by Gasteiger charge is 2.03. The average Bonchev–Trinajstić information content (AvgIpc) is 2.14. The molecular formula is C9H20N2OS. The van der Waals surface area contributed by atoms with E-state index in [4.69, 9.17) is 0 Å². The maximum Gasteiger partial charge on any atom is 0.220 e. The third-order valence-electron chi connectivity index (χ3n) is 1.82. The molecule has 0 rings (SSSR count). The number of carbonyl (C=O) groups excluding carboxylic acids is 1. The van der Waals surface area contributed by atoms with Gasteiger partial charge in [-0.2, -0.15) is 11.8 Å². The molecule has 0 aromatic rings. The molecule has 2 N–H and O–H groups in total. The first-order valence-corrected chi connectivity index (χ1v) is 5.93. The summed E-state index contributed by atoms with van der Waals surface area (Å²) in [5.74, 6) is 0.163. The lowest BCUT2D eigenvalue weighted by Gasteiger charge is -2.09. The summed E-state index contributed by atoms with van der Waals surface area (Å²) >= 11 is 1.77. The van der Waals surface area contributed by atoms with Crippen molar-refractivity contribution in [1.29, 1.82) is 0 Å². The molecule has 0 radical (unpaired) electrons. The zero-order valence-electron chi connectivity index (χ0n) is 8.72. The first-order chi connectivity index (χ1) is 6.20. The molecule has 0 aliphatic carbocycles. The van der Waals surface area contributed by atoms with Crippen LogP contribution in [0.1, 0.15) is 19.8 Å². The molecule has 0 heterocycles. The number of carbonyl (C=O) groups is 1. The van der Waals surface area contributed by atoms with Gasteiger partial charge in [0.25, 0.3) is 0 Å². The summed E-state index contributed by atoms with van der Waals surface area (Å²) in [6.07, 6.45) is 3.59. The number of thioether (sulfide) groups is 1. The Labute approximate surface area is 85.0 Å². The van der Waals surface area contributed by atoms with E-state index in [2.05, 4.69) is 23.8 Å². The van der Waals surface area contributed by atoms with Crippen LogP contribution >= 0.6 is 11.8 Å². The zero-order chi connectivity index (χ0) is 10.1. The Bertz CT molecular complexity index is 142. The minimum Gasteiger partial charge on any atom is -0.355 e. The van der Waals surface area contributed by atoms with E-state index in [1.807, 2.05) is 7.05 Å². The summed E-state index contributed by atoms with van der Waals surface area (Å²) in [7, 11) is 1.90. The predicted octanol–water partition coefficient (Wildman–Crippen LogP) is 0.854. The molecule has 0 spiro atoms. The third-order valence-corrected chi connectivity index (χ3v) is 2.79. The minimum absolute atomic E-state index is 0.163. The van der Waals surface area contributed by atoms with E-state index in [1.54, 1.807) is 11.8 Å². The fourth-order valence-corrected chi connectivity index (χ4v) is 1.11. The van der Waals surface area contributed by atoms with Gasteiger partial charge in [0.1, 0.15) is 0 Å². The molecule has 4 heteroatoms. The second-order valence-corrected chi connectivity index (χ2v) is 4.33. The molecule has 1 atom stereocenters. The van der Waals surface area contributed by atoms with Gasteiger partial charge in [-0.3, -0.25) is 4.79 Å². The predicted molar refractivity (Wildman–Crippen MR) is 59.1 cm³/mol. The number of hydrogen-bond acceptors (Lipinski definition) is 3. The molecule has 0 aromatic heterocycles. The number of amides is 1. The molecule has 0 saturated carbocycles. The molecule has 1 unspecified atom stereocenters. The van der Waals surface area contributed by atoms with Crippen LogP contribution in [-0.4, -0.2) is 37.6 Å². The lowest BCUT2D eigenvalue weighted by Crippen LogP contribution is -2.29. The van der Waals surface area contributed by atoms with Crippen molar-refractivity contribution in [3.63, 3.8) is 0 Å². The van der Waals surface area contributed by atoms with Gasteiger partial charge >= 0.3 is 0 Å². The van der Waals surface area contributed by atoms with Crippen molar-refractivity contribution in [2.45, 2.75) is 25.0 Å². The van der Waals surface area contributed by atoms with E-state index in [0.717, 1.165) is 19.5 Å². The van der Waals surface area contributed by atoms with Crippen molar-refractivity contribution < 1.29 is 4.79 Å². The Hall–Kier alpha value is -0.220. The third kappa shape index (κ3) is 8.12. The quantitative estimate of drug-likeness (QED) is 0.604. The Kier molecular flexibility index (Phi) is 8.24. The second kappa shape index (κ2) is 8.38. The molecule has 1 amide bonds. The molecular weight excluding hydrogens is 184 g/mol. The van der Waals surface area contributed by atoms with Gasteiger partial charge in [0.2, 0.25) is 5.91 Å². The summed E-state index contributed by atoms with van der Waals surface area (Å²) in [6.45, 7) is 3.80. The van der Waals surface area contributed by atoms with Crippen molar-refractivity contribution in [3.05, 3.63) is 0 Å². The van der Waals surface area contributed by atoms with Gasteiger partial charge in [-0.05, 0) is 26.3 Å². The largest absolute Gasteiger partial charge is 0.355 e. The lowest BCUT2D eigenvalue weighted by molar-refractivity contribution is -0.121. The van der Waals surface area contributed by atoms with Crippen molar-refractivity contribution in [2.75, 3.05) is 26.4 Å². The van der Waals surface area contributed by atoms with Gasteiger partial charge in [-0.1, -0.05) is 6.92 Å². The molecule has 0 bridgehead atoms. The van der Waals surface area contributed by atoms with Crippen LogP contribution in [0.5, 0.6) is 0 Å². The Balaban J connectivity index is 3.30. The number of nitrogens with one attached hydrogen (secondary N) is 2. The summed E-state index contributed by atoms with van der Waals surface area (Å²) in [5, 5.41) is 6.43. The SMILES string of the molecule is CNCCCC(=O)NCC(C)SC. The zero-order valence-corrected chi connectivity index (χ0v) is 9.54. The van der Waals surface area contributed by atoms with Crippen molar-refractivity contribution in [2.24, 2.45) is 0 Å². The van der Waals surface area contributed by atoms with Crippen LogP contribution in [0.4, 0.5) is 0 Å². The van der Waals surface area contributed by atoms with E-state index in [1.165, 1.54) is 0 Å². The normalized spacial score (nSPS) is 12.5. The van der Waals surface area contributed by atoms with E-state index in [9.17, 15) is 4.79 Å². The minimum atomic E-state index is 0.163. The monoisotopic (exact) mass is 204 g/mol. The standard InChI is InChI=1S/C9H20N2OS/c1-8(13-3)7-11-9(12)5-4-6-10-2/h8,10H,4-7H2,1-3H3,(H,11,12). The van der Waals surface area contributed by atoms with Crippen LogP contribution in [0.2, 0.25) is 0 Å². The smallest absolute Gasteiger partial charge is 0.220 e. The summed E-state index contributed by atoms with van der Waals surface area (Å²) < 4.78 is 0. The van der Waals surface area contributed by atoms with Crippen LogP contribution in [0.15, 0.2) is 0 Å². The summed E-state index contributed by atoms with van der Waals surface area (Å²) in [6, 6.07) is 0. The maximum absolute atomic E-state index is 11.2. The van der Waals surface area contributed by atoms with Gasteiger partial charge in [0.15, 0.2) is 0 Å². The van der Waals surface area contributed by atoms with Crippen molar-refractivity contribution in [3.8, 4) is 0 Å². The molecule has 3 nitrogen and oxygen atoms in total. The summed E-state index contributed by atoms with van der Waals surface area (Å²) in [5.41, 5.74) is 0. The van der Waals surface area contributed by atoms with Gasteiger partial charge in [0.05, 0.1) is 0 Å². The van der Waals surface area contributed by atoms with Gasteiger partial charge < -0.3 is 10.6 Å². The maximum atomic E-state index is 11.2. The number of hydrogen-bond donors (Lipinski definition) is 2. The van der Waals surface area contributed by atoms with Crippen LogP contribution in [0, 0.1) is 0 Å². The van der Waals surface area contributed by atoms with E-state index >= 15 is 0 Å². The van der Waals surface area contributed by atoms with Gasteiger partial charge in [-0.25, -0.2) is 0 Å². The first-order valence-electron chi connectivity index (χ1n) is 4.64. The fraction of sp³-hybridized carbons (Fsp3) is 0.889. The molecule has 0 aromatic carbocycles. The summed E-state index contributed by atoms with van der Waals surface area (Å²) in [4.78, 5) is 11.2. The van der Waals surface area contributed by atoms with E-state index < -0.39 is 0 Å². The van der Waals surface area contributed by atoms with Gasteiger partial charge in [0, 0.05) is 18.2 Å². The molecule has 0 fully saturated rings. The Morgan fingerprint density at radius 3 is 2.77 bits per heavy atom. The van der Waals surface area contributed by atoms with E-state index in [0.29, 0.717) is 11.7 Å². The van der Waals surface area contributed by atoms with Crippen LogP contribution < -0.4 is 10.6 Å². The highest BCUT2D eigenvalue weighted by Crippen LogP contribution is 2.02. The van der Waals surface area contributed by atoms with Crippen LogP contribution in [0.25, 0.3) is 0 Å². The fourth-order valence-electron chi connectivity index (χ4n) is 0.855. The molecule has 0 saturated heterocycles. The van der Waals surface area contributed by atoms with Crippen molar-refractivity contribution in [1.82, 2.24) is 10.6 Å². The van der Waals surface area contributed by atoms with E-state index in [-0.39, 0.29) is 5.91 Å². The van der Waals surface area contributed by atoms with Crippen LogP contribution in [0.3, 0.4) is 0 Å². The molecule has 0 aliphatic rings. The number of rotatable bonds is 7. The lowest BCUT2D eigenvalue weighted by atomic mass is 10.3. The van der Waals surface area contributed by atoms with Gasteiger partial charge in [-0.15, -0.1) is 0 Å². The Morgan fingerprint density at radius 2 is 2.23 bits per heavy atom. The first kappa shape index (κ1) is 12.8. The second-order valence-electron chi connectivity index (χ2n) is 3.06. The highest BCUT2D eigenvalue weighted by molar-refractivity contribution is 7.99. The average molecular weight is 204 g/mol. The molecule has 78 valence electrons. The van der Waals surface area contributed by atoms with Crippen LogP contribution in [-0.2, 0) is 4.79 Å². The molecule has 0 aliphatic heterocycles. The Morgan fingerprint density at radius 1 is 1.54 bits per heavy atom. The highest BCUT2D eigenvalue weighted by atomic mass is 32.2. The molecule has 13 heavy (non-hydrogen) atoms. The topological polar surface area (TPSA) is 41.1 Å².